The molecular weight excluding hydrogens is 266 g/mol. The topological polar surface area (TPSA) is 27.3 Å². The standard InChI is InChI=1S/C16H23N3S/c1-2-11-17-16(20)18-14-7-9-15(10-8-14)19-12-5-3-4-6-13-19/h2,7-10H,1,3-6,11-13H2,(H2,17,18,20). The lowest BCUT2D eigenvalue weighted by molar-refractivity contribution is 0.726. The van der Waals surface area contributed by atoms with Gasteiger partial charge in [-0.25, -0.2) is 0 Å². The minimum absolute atomic E-state index is 0.632. The van der Waals surface area contributed by atoms with Gasteiger partial charge in [0.15, 0.2) is 5.11 Å². The predicted molar refractivity (Wildman–Crippen MR) is 91.5 cm³/mol. The molecule has 1 aromatic carbocycles. The van der Waals surface area contributed by atoms with Crippen molar-refractivity contribution >= 4 is 28.7 Å². The van der Waals surface area contributed by atoms with Crippen LogP contribution in [-0.4, -0.2) is 24.7 Å². The fraction of sp³-hybridized carbons (Fsp3) is 0.438. The van der Waals surface area contributed by atoms with E-state index in [1.807, 2.05) is 0 Å². The van der Waals surface area contributed by atoms with Gasteiger partial charge in [0.1, 0.15) is 0 Å². The van der Waals surface area contributed by atoms with Crippen LogP contribution in [0.5, 0.6) is 0 Å². The van der Waals surface area contributed by atoms with Gasteiger partial charge < -0.3 is 15.5 Å². The van der Waals surface area contributed by atoms with Crippen molar-refractivity contribution in [2.75, 3.05) is 29.9 Å². The van der Waals surface area contributed by atoms with Crippen molar-refractivity contribution in [3.05, 3.63) is 36.9 Å². The van der Waals surface area contributed by atoms with Gasteiger partial charge in [-0.3, -0.25) is 0 Å². The molecule has 108 valence electrons. The zero-order valence-corrected chi connectivity index (χ0v) is 12.7. The van der Waals surface area contributed by atoms with Crippen molar-refractivity contribution in [3.63, 3.8) is 0 Å². The zero-order chi connectivity index (χ0) is 14.2. The molecule has 2 rings (SSSR count). The number of rotatable bonds is 4. The number of thiocarbonyl (C=S) groups is 1. The SMILES string of the molecule is C=CCNC(=S)Nc1ccc(N2CCCCCC2)cc1. The van der Waals surface area contributed by atoms with Crippen LogP contribution in [0, 0.1) is 0 Å². The Morgan fingerprint density at radius 3 is 2.40 bits per heavy atom. The van der Waals surface area contributed by atoms with Crippen LogP contribution in [-0.2, 0) is 0 Å². The third-order valence-corrected chi connectivity index (χ3v) is 3.75. The number of anilines is 2. The van der Waals surface area contributed by atoms with E-state index >= 15 is 0 Å². The van der Waals surface area contributed by atoms with Gasteiger partial charge in [-0.2, -0.15) is 0 Å². The maximum absolute atomic E-state index is 5.20. The number of nitrogens with zero attached hydrogens (tertiary/aromatic N) is 1. The first-order valence-corrected chi connectivity index (χ1v) is 7.71. The molecule has 1 fully saturated rings. The highest BCUT2D eigenvalue weighted by Gasteiger charge is 2.09. The van der Waals surface area contributed by atoms with Crippen LogP contribution in [0.3, 0.4) is 0 Å². The Morgan fingerprint density at radius 2 is 1.80 bits per heavy atom. The first kappa shape index (κ1) is 14.9. The van der Waals surface area contributed by atoms with Crippen LogP contribution in [0.4, 0.5) is 11.4 Å². The molecule has 4 heteroatoms. The van der Waals surface area contributed by atoms with E-state index in [4.69, 9.17) is 12.2 Å². The van der Waals surface area contributed by atoms with Gasteiger partial charge in [-0.1, -0.05) is 18.9 Å². The minimum atomic E-state index is 0.632. The van der Waals surface area contributed by atoms with Crippen molar-refractivity contribution in [1.29, 1.82) is 0 Å². The van der Waals surface area contributed by atoms with E-state index in [-0.39, 0.29) is 0 Å². The van der Waals surface area contributed by atoms with Crippen LogP contribution < -0.4 is 15.5 Å². The van der Waals surface area contributed by atoms with Gasteiger partial charge >= 0.3 is 0 Å². The summed E-state index contributed by atoms with van der Waals surface area (Å²) in [5.41, 5.74) is 2.33. The normalized spacial score (nSPS) is 15.3. The van der Waals surface area contributed by atoms with Crippen molar-refractivity contribution in [3.8, 4) is 0 Å². The Kier molecular flexibility index (Phi) is 5.87. The zero-order valence-electron chi connectivity index (χ0n) is 11.9. The second kappa shape index (κ2) is 7.90. The molecule has 0 spiro atoms. The first-order chi connectivity index (χ1) is 9.79. The fourth-order valence-electron chi connectivity index (χ4n) is 2.42. The third kappa shape index (κ3) is 4.53. The molecule has 1 aromatic rings. The van der Waals surface area contributed by atoms with Gasteiger partial charge in [-0.05, 0) is 49.3 Å². The van der Waals surface area contributed by atoms with Gasteiger partial charge in [0.05, 0.1) is 0 Å². The Labute approximate surface area is 127 Å². The van der Waals surface area contributed by atoms with E-state index in [1.165, 1.54) is 44.5 Å². The highest BCUT2D eigenvalue weighted by Crippen LogP contribution is 2.21. The van der Waals surface area contributed by atoms with Gasteiger partial charge in [0.2, 0.25) is 0 Å². The minimum Gasteiger partial charge on any atom is -0.372 e. The molecule has 2 N–H and O–H groups in total. The Balaban J connectivity index is 1.91. The first-order valence-electron chi connectivity index (χ1n) is 7.30. The quantitative estimate of drug-likeness (QED) is 0.655. The summed E-state index contributed by atoms with van der Waals surface area (Å²) >= 11 is 5.20. The summed E-state index contributed by atoms with van der Waals surface area (Å²) in [6.45, 7) is 6.68. The van der Waals surface area contributed by atoms with Crippen molar-refractivity contribution in [2.45, 2.75) is 25.7 Å². The fourth-order valence-corrected chi connectivity index (χ4v) is 2.63. The number of hydrogen-bond acceptors (Lipinski definition) is 2. The summed E-state index contributed by atoms with van der Waals surface area (Å²) in [7, 11) is 0. The molecule has 0 bridgehead atoms. The number of nitrogens with one attached hydrogen (secondary N) is 2. The van der Waals surface area contributed by atoms with E-state index in [2.05, 4.69) is 46.4 Å². The molecule has 0 aliphatic carbocycles. The summed E-state index contributed by atoms with van der Waals surface area (Å²) in [6, 6.07) is 8.51. The summed E-state index contributed by atoms with van der Waals surface area (Å²) in [4.78, 5) is 2.48. The highest BCUT2D eigenvalue weighted by molar-refractivity contribution is 7.80. The van der Waals surface area contributed by atoms with Crippen LogP contribution in [0.25, 0.3) is 0 Å². The molecule has 1 saturated heterocycles. The summed E-state index contributed by atoms with van der Waals surface area (Å²) < 4.78 is 0. The average molecular weight is 289 g/mol. The Bertz CT molecular complexity index is 434. The lowest BCUT2D eigenvalue weighted by Gasteiger charge is -2.23. The van der Waals surface area contributed by atoms with E-state index in [0.717, 1.165) is 5.69 Å². The van der Waals surface area contributed by atoms with Crippen LogP contribution >= 0.6 is 12.2 Å². The Morgan fingerprint density at radius 1 is 1.15 bits per heavy atom. The molecule has 0 amide bonds. The predicted octanol–water partition coefficient (Wildman–Crippen LogP) is 3.54. The molecule has 1 heterocycles. The second-order valence-electron chi connectivity index (χ2n) is 5.07. The summed E-state index contributed by atoms with van der Waals surface area (Å²) in [6.07, 6.45) is 7.11. The molecular formula is C16H23N3S. The maximum atomic E-state index is 5.20. The van der Waals surface area contributed by atoms with Crippen molar-refractivity contribution in [2.24, 2.45) is 0 Å². The molecule has 0 radical (unpaired) electrons. The molecule has 0 saturated carbocycles. The maximum Gasteiger partial charge on any atom is 0.171 e. The van der Waals surface area contributed by atoms with Crippen molar-refractivity contribution < 1.29 is 0 Å². The molecule has 0 aromatic heterocycles. The van der Waals surface area contributed by atoms with Gasteiger partial charge in [0.25, 0.3) is 0 Å². The van der Waals surface area contributed by atoms with Gasteiger partial charge in [-0.15, -0.1) is 6.58 Å². The number of hydrogen-bond donors (Lipinski definition) is 2. The molecule has 1 aliphatic rings. The lowest BCUT2D eigenvalue weighted by Crippen LogP contribution is -2.28. The third-order valence-electron chi connectivity index (χ3n) is 3.50. The van der Waals surface area contributed by atoms with Crippen LogP contribution in [0.15, 0.2) is 36.9 Å². The van der Waals surface area contributed by atoms with Gasteiger partial charge in [0, 0.05) is 31.0 Å². The Hall–Kier alpha value is -1.55. The highest BCUT2D eigenvalue weighted by atomic mass is 32.1. The van der Waals surface area contributed by atoms with E-state index < -0.39 is 0 Å². The summed E-state index contributed by atoms with van der Waals surface area (Å²) in [5, 5.41) is 6.86. The van der Waals surface area contributed by atoms with E-state index in [9.17, 15) is 0 Å². The van der Waals surface area contributed by atoms with Crippen molar-refractivity contribution in [1.82, 2.24) is 5.32 Å². The molecule has 20 heavy (non-hydrogen) atoms. The summed E-state index contributed by atoms with van der Waals surface area (Å²) in [5.74, 6) is 0. The monoisotopic (exact) mass is 289 g/mol. The second-order valence-corrected chi connectivity index (χ2v) is 5.48. The smallest absolute Gasteiger partial charge is 0.171 e. The van der Waals surface area contributed by atoms with E-state index in [1.54, 1.807) is 6.08 Å². The molecule has 0 atom stereocenters. The largest absolute Gasteiger partial charge is 0.372 e. The van der Waals surface area contributed by atoms with Crippen LogP contribution in [0.1, 0.15) is 25.7 Å². The van der Waals surface area contributed by atoms with E-state index in [0.29, 0.717) is 11.7 Å². The number of benzene rings is 1. The molecule has 0 unspecified atom stereocenters. The molecule has 3 nitrogen and oxygen atoms in total. The molecule has 1 aliphatic heterocycles. The lowest BCUT2D eigenvalue weighted by atomic mass is 10.2. The van der Waals surface area contributed by atoms with Crippen LogP contribution in [0.2, 0.25) is 0 Å². The average Bonchev–Trinajstić information content (AvgIpc) is 2.75.